The summed E-state index contributed by atoms with van der Waals surface area (Å²) in [5.74, 6) is -1.13. The molecule has 90 valence electrons. The van der Waals surface area contributed by atoms with Gasteiger partial charge in [0, 0.05) is 0 Å². The summed E-state index contributed by atoms with van der Waals surface area (Å²) in [4.78, 5) is 13.1. The number of hydrogen-bond donors (Lipinski definition) is 1. The number of likely N-dealkylation sites (N-methyl/N-ethyl adjacent to an activating group) is 2. The van der Waals surface area contributed by atoms with E-state index < -0.39 is 17.7 Å². The topological polar surface area (TPSA) is 69.4 Å². The van der Waals surface area contributed by atoms with E-state index in [1.807, 2.05) is 28.1 Å². The third-order valence-corrected chi connectivity index (χ3v) is 2.96. The standard InChI is InChI=1S/C10H23N3O2/c1-7-8(11)10(9(14)15,12(2)3)13(4,5)6/h8H,7,11H2,1-6H3. The molecule has 2 atom stereocenters. The third-order valence-electron chi connectivity index (χ3n) is 2.96. The number of nitrogens with zero attached hydrogens (tertiary/aromatic N) is 2. The molecule has 0 aromatic rings. The number of carboxylic acid groups (broad SMARTS) is 1. The summed E-state index contributed by atoms with van der Waals surface area (Å²) in [6.07, 6.45) is 0.585. The highest BCUT2D eigenvalue weighted by Gasteiger charge is 2.51. The van der Waals surface area contributed by atoms with Crippen LogP contribution >= 0.6 is 0 Å². The first kappa shape index (κ1) is 14.3. The fourth-order valence-electron chi connectivity index (χ4n) is 2.32. The molecule has 5 nitrogen and oxygen atoms in total. The molecule has 0 heterocycles. The minimum atomic E-state index is -1.20. The molecule has 0 rings (SSSR count). The van der Waals surface area contributed by atoms with Crippen LogP contribution in [0.1, 0.15) is 13.3 Å². The summed E-state index contributed by atoms with van der Waals surface area (Å²) < 4.78 is 0.206. The van der Waals surface area contributed by atoms with Crippen molar-refractivity contribution in [1.29, 1.82) is 0 Å². The molecule has 0 saturated heterocycles. The number of carboxylic acids is 1. The maximum Gasteiger partial charge on any atom is 0.210 e. The SMILES string of the molecule is CCC(N)C(C(=O)[O-])(N(C)C)[N+](C)(C)C. The van der Waals surface area contributed by atoms with E-state index >= 15 is 0 Å². The zero-order valence-electron chi connectivity index (χ0n) is 10.6. The molecule has 0 spiro atoms. The van der Waals surface area contributed by atoms with Crippen LogP contribution in [0.5, 0.6) is 0 Å². The number of carbonyl (C=O) groups is 1. The van der Waals surface area contributed by atoms with Crippen molar-refractivity contribution in [2.45, 2.75) is 25.0 Å². The molecule has 15 heavy (non-hydrogen) atoms. The van der Waals surface area contributed by atoms with Crippen molar-refractivity contribution in [3.63, 3.8) is 0 Å². The minimum Gasteiger partial charge on any atom is -0.543 e. The van der Waals surface area contributed by atoms with Crippen LogP contribution in [-0.4, -0.2) is 62.3 Å². The second-order valence-electron chi connectivity index (χ2n) is 4.94. The van der Waals surface area contributed by atoms with Gasteiger partial charge in [-0.1, -0.05) is 6.92 Å². The molecule has 0 radical (unpaired) electrons. The van der Waals surface area contributed by atoms with Gasteiger partial charge in [-0.25, -0.2) is 0 Å². The minimum absolute atomic E-state index is 0.206. The van der Waals surface area contributed by atoms with E-state index in [4.69, 9.17) is 5.73 Å². The van der Waals surface area contributed by atoms with Crippen LogP contribution in [0.4, 0.5) is 0 Å². The van der Waals surface area contributed by atoms with Crippen LogP contribution in [0.3, 0.4) is 0 Å². The molecule has 5 heteroatoms. The van der Waals surface area contributed by atoms with Gasteiger partial charge in [0.05, 0.1) is 27.2 Å². The first-order chi connectivity index (χ1) is 6.62. The van der Waals surface area contributed by atoms with E-state index in [9.17, 15) is 9.90 Å². The van der Waals surface area contributed by atoms with Crippen LogP contribution < -0.4 is 10.8 Å². The predicted octanol–water partition coefficient (Wildman–Crippen LogP) is -1.56. The van der Waals surface area contributed by atoms with Gasteiger partial charge in [-0.2, -0.15) is 0 Å². The highest BCUT2D eigenvalue weighted by atomic mass is 16.4. The molecule has 0 aromatic carbocycles. The maximum absolute atomic E-state index is 11.5. The maximum atomic E-state index is 11.5. The van der Waals surface area contributed by atoms with Gasteiger partial charge in [0.25, 0.3) is 0 Å². The Bertz CT molecular complexity index is 235. The lowest BCUT2D eigenvalue weighted by Gasteiger charge is -2.53. The zero-order valence-corrected chi connectivity index (χ0v) is 10.6. The average Bonchev–Trinajstić information content (AvgIpc) is 2.00. The highest BCUT2D eigenvalue weighted by molar-refractivity contribution is 5.75. The molecule has 0 aliphatic rings. The molecule has 0 saturated carbocycles. The molecule has 0 aliphatic carbocycles. The lowest BCUT2D eigenvalue weighted by atomic mass is 9.93. The average molecular weight is 217 g/mol. The van der Waals surface area contributed by atoms with Crippen molar-refractivity contribution in [2.24, 2.45) is 5.73 Å². The molecule has 0 fully saturated rings. The van der Waals surface area contributed by atoms with Crippen molar-refractivity contribution in [3.8, 4) is 0 Å². The summed E-state index contributed by atoms with van der Waals surface area (Å²) in [6, 6.07) is -0.475. The predicted molar refractivity (Wildman–Crippen MR) is 57.7 cm³/mol. The van der Waals surface area contributed by atoms with Crippen LogP contribution in [-0.2, 0) is 4.79 Å². The van der Waals surface area contributed by atoms with Crippen molar-refractivity contribution < 1.29 is 14.4 Å². The second-order valence-corrected chi connectivity index (χ2v) is 4.94. The fraction of sp³-hybridized carbons (Fsp3) is 0.900. The number of nitrogens with two attached hydrogens (primary N) is 1. The summed E-state index contributed by atoms with van der Waals surface area (Å²) in [6.45, 7) is 1.88. The molecule has 0 amide bonds. The van der Waals surface area contributed by atoms with Gasteiger partial charge in [-0.3, -0.25) is 4.90 Å². The molecule has 2 N–H and O–H groups in total. The third kappa shape index (κ3) is 2.14. The molecule has 0 bridgehead atoms. The Morgan fingerprint density at radius 3 is 1.93 bits per heavy atom. The second kappa shape index (κ2) is 4.47. The van der Waals surface area contributed by atoms with E-state index in [0.29, 0.717) is 6.42 Å². The smallest absolute Gasteiger partial charge is 0.210 e. The molecule has 0 aliphatic heterocycles. The normalized spacial score (nSPS) is 18.7. The Kier molecular flexibility index (Phi) is 4.27. The summed E-state index contributed by atoms with van der Waals surface area (Å²) in [7, 11) is 8.87. The van der Waals surface area contributed by atoms with Crippen molar-refractivity contribution in [3.05, 3.63) is 0 Å². The molecular formula is C10H23N3O2. The summed E-state index contributed by atoms with van der Waals surface area (Å²) in [5, 5.41) is 11.5. The summed E-state index contributed by atoms with van der Waals surface area (Å²) >= 11 is 0. The van der Waals surface area contributed by atoms with E-state index in [-0.39, 0.29) is 4.48 Å². The van der Waals surface area contributed by atoms with Gasteiger partial charge in [0.1, 0.15) is 5.97 Å². The Morgan fingerprint density at radius 2 is 1.87 bits per heavy atom. The first-order valence-corrected chi connectivity index (χ1v) is 5.08. The van der Waals surface area contributed by atoms with E-state index in [0.717, 1.165) is 0 Å². The van der Waals surface area contributed by atoms with Gasteiger partial charge >= 0.3 is 0 Å². The highest BCUT2D eigenvalue weighted by Crippen LogP contribution is 2.25. The number of carbonyl (C=O) groups excluding carboxylic acids is 1. The van der Waals surface area contributed by atoms with E-state index in [1.54, 1.807) is 19.0 Å². The lowest BCUT2D eigenvalue weighted by molar-refractivity contribution is -0.930. The Morgan fingerprint density at radius 1 is 1.47 bits per heavy atom. The van der Waals surface area contributed by atoms with Gasteiger partial charge in [-0.05, 0) is 20.5 Å². The Hall–Kier alpha value is -0.650. The number of aliphatic carboxylic acids is 1. The summed E-state index contributed by atoms with van der Waals surface area (Å²) in [5.41, 5.74) is 4.76. The lowest BCUT2D eigenvalue weighted by Crippen LogP contribution is -2.79. The monoisotopic (exact) mass is 217 g/mol. The van der Waals surface area contributed by atoms with E-state index in [1.165, 1.54) is 0 Å². The van der Waals surface area contributed by atoms with Gasteiger partial charge in [0.15, 0.2) is 0 Å². The Labute approximate surface area is 92.0 Å². The Balaban J connectivity index is 5.60. The largest absolute Gasteiger partial charge is 0.543 e. The molecule has 2 unspecified atom stereocenters. The number of quaternary nitrogens is 1. The van der Waals surface area contributed by atoms with Gasteiger partial charge in [0.2, 0.25) is 5.66 Å². The molecule has 0 aromatic heterocycles. The van der Waals surface area contributed by atoms with Gasteiger partial charge < -0.3 is 20.1 Å². The van der Waals surface area contributed by atoms with Crippen molar-refractivity contribution in [1.82, 2.24) is 4.90 Å². The van der Waals surface area contributed by atoms with E-state index in [2.05, 4.69) is 0 Å². The molecular weight excluding hydrogens is 194 g/mol. The zero-order chi connectivity index (χ0) is 12.4. The van der Waals surface area contributed by atoms with Crippen molar-refractivity contribution >= 4 is 5.97 Å². The van der Waals surface area contributed by atoms with Crippen LogP contribution in [0.15, 0.2) is 0 Å². The van der Waals surface area contributed by atoms with Crippen LogP contribution in [0.25, 0.3) is 0 Å². The number of hydrogen-bond acceptors (Lipinski definition) is 4. The fourth-order valence-corrected chi connectivity index (χ4v) is 2.32. The van der Waals surface area contributed by atoms with Crippen LogP contribution in [0, 0.1) is 0 Å². The number of rotatable bonds is 5. The van der Waals surface area contributed by atoms with Crippen molar-refractivity contribution in [2.75, 3.05) is 35.2 Å². The van der Waals surface area contributed by atoms with Gasteiger partial charge in [-0.15, -0.1) is 0 Å². The quantitative estimate of drug-likeness (QED) is 0.446. The first-order valence-electron chi connectivity index (χ1n) is 5.08. The van der Waals surface area contributed by atoms with Crippen LogP contribution in [0.2, 0.25) is 0 Å².